The molecule has 0 aromatic heterocycles. The predicted molar refractivity (Wildman–Crippen MR) is 101 cm³/mol. The van der Waals surface area contributed by atoms with Crippen LogP contribution < -0.4 is 4.74 Å². The van der Waals surface area contributed by atoms with Crippen molar-refractivity contribution in [1.29, 1.82) is 0 Å². The van der Waals surface area contributed by atoms with Crippen molar-refractivity contribution in [2.75, 3.05) is 20.3 Å². The van der Waals surface area contributed by atoms with E-state index < -0.39 is 0 Å². The molecule has 1 aromatic carbocycles. The predicted octanol–water partition coefficient (Wildman–Crippen LogP) is 5.06. The summed E-state index contributed by atoms with van der Waals surface area (Å²) in [5, 5.41) is 0. The van der Waals surface area contributed by atoms with E-state index in [1.54, 1.807) is 12.7 Å². The molecule has 3 heteroatoms. The minimum Gasteiger partial charge on any atom is -0.497 e. The summed E-state index contributed by atoms with van der Waals surface area (Å²) in [5.74, 6) is 5.05. The summed E-state index contributed by atoms with van der Waals surface area (Å²) in [6.45, 7) is 3.94. The summed E-state index contributed by atoms with van der Waals surface area (Å²) < 4.78 is 17.1. The number of hydrogen-bond donors (Lipinski definition) is 0. The maximum absolute atomic E-state index is 6.02. The van der Waals surface area contributed by atoms with Crippen LogP contribution in [0.25, 0.3) is 0 Å². The Kier molecular flexibility index (Phi) is 3.95. The molecule has 2 fully saturated rings. The Morgan fingerprint density at radius 3 is 2.85 bits per heavy atom. The van der Waals surface area contributed by atoms with Crippen LogP contribution in [0.5, 0.6) is 5.75 Å². The Morgan fingerprint density at radius 2 is 2.04 bits per heavy atom. The average molecular weight is 354 g/mol. The molecule has 1 aliphatic heterocycles. The molecule has 1 aromatic rings. The highest BCUT2D eigenvalue weighted by molar-refractivity contribution is 5.40. The zero-order valence-corrected chi connectivity index (χ0v) is 16.0. The Labute approximate surface area is 156 Å². The normalized spacial score (nSPS) is 38.2. The van der Waals surface area contributed by atoms with E-state index in [-0.39, 0.29) is 0 Å². The van der Waals surface area contributed by atoms with Crippen molar-refractivity contribution in [3.8, 4) is 5.75 Å². The van der Waals surface area contributed by atoms with Crippen LogP contribution in [0.15, 0.2) is 30.2 Å². The number of fused-ring (bicyclic) bond motifs is 5. The van der Waals surface area contributed by atoms with E-state index in [4.69, 9.17) is 14.2 Å². The van der Waals surface area contributed by atoms with Crippen LogP contribution >= 0.6 is 0 Å². The Bertz CT molecular complexity index is 724. The quantitative estimate of drug-likeness (QED) is 0.743. The van der Waals surface area contributed by atoms with Gasteiger partial charge in [-0.2, -0.15) is 0 Å². The Morgan fingerprint density at radius 1 is 1.12 bits per heavy atom. The van der Waals surface area contributed by atoms with E-state index >= 15 is 0 Å². The van der Waals surface area contributed by atoms with Gasteiger partial charge in [-0.1, -0.05) is 13.0 Å². The minimum absolute atomic E-state index is 0.373. The summed E-state index contributed by atoms with van der Waals surface area (Å²) in [6, 6.07) is 6.78. The van der Waals surface area contributed by atoms with E-state index in [0.717, 1.165) is 29.3 Å². The van der Waals surface area contributed by atoms with E-state index in [1.807, 2.05) is 6.26 Å². The number of allylic oxidation sites excluding steroid dienone is 1. The molecule has 0 saturated heterocycles. The van der Waals surface area contributed by atoms with E-state index in [9.17, 15) is 0 Å². The number of benzene rings is 1. The van der Waals surface area contributed by atoms with Gasteiger partial charge in [-0.3, -0.25) is 0 Å². The molecule has 5 atom stereocenters. The van der Waals surface area contributed by atoms with Crippen molar-refractivity contribution in [2.24, 2.45) is 23.2 Å². The number of aryl methyl sites for hydroxylation is 1. The molecular formula is C23H30O3. The summed E-state index contributed by atoms with van der Waals surface area (Å²) in [6.07, 6.45) is 9.65. The fourth-order valence-electron chi connectivity index (χ4n) is 6.72. The van der Waals surface area contributed by atoms with Gasteiger partial charge in [0.25, 0.3) is 0 Å². The van der Waals surface area contributed by atoms with Crippen molar-refractivity contribution in [3.63, 3.8) is 0 Å². The fraction of sp³-hybridized carbons (Fsp3) is 0.652. The van der Waals surface area contributed by atoms with Gasteiger partial charge in [-0.05, 0) is 85.0 Å². The van der Waals surface area contributed by atoms with Gasteiger partial charge in [-0.15, -0.1) is 0 Å². The first-order chi connectivity index (χ1) is 12.7. The standard InChI is InChI=1S/C23H30O3/c1-23-10-9-18-17-6-4-16(24-2)13-15(17)3-5-19(18)20(23)7-8-21(23)22-14-25-11-12-26-22/h4,6,13-14,18-21H,3,5,7-12H2,1-2H3/t18-,19-,20+,21-,23+/m1/s1. The molecule has 3 aliphatic carbocycles. The van der Waals surface area contributed by atoms with Crippen LogP contribution in [0.2, 0.25) is 0 Å². The summed E-state index contributed by atoms with van der Waals surface area (Å²) >= 11 is 0. The molecule has 0 spiro atoms. The average Bonchev–Trinajstić information content (AvgIpc) is 3.05. The summed E-state index contributed by atoms with van der Waals surface area (Å²) in [4.78, 5) is 0. The van der Waals surface area contributed by atoms with Crippen molar-refractivity contribution in [1.82, 2.24) is 0 Å². The van der Waals surface area contributed by atoms with Crippen LogP contribution in [0.1, 0.15) is 56.1 Å². The van der Waals surface area contributed by atoms with Crippen molar-refractivity contribution >= 4 is 0 Å². The molecule has 0 N–H and O–H groups in total. The second-order valence-corrected chi connectivity index (χ2v) is 8.89. The molecule has 26 heavy (non-hydrogen) atoms. The molecular weight excluding hydrogens is 324 g/mol. The van der Waals surface area contributed by atoms with Gasteiger partial charge < -0.3 is 14.2 Å². The summed E-state index contributed by atoms with van der Waals surface area (Å²) in [5.41, 5.74) is 3.50. The Balaban J connectivity index is 1.44. The third kappa shape index (κ3) is 2.39. The number of rotatable bonds is 2. The lowest BCUT2D eigenvalue weighted by Crippen LogP contribution is -2.43. The van der Waals surface area contributed by atoms with E-state index in [0.29, 0.717) is 24.5 Å². The molecule has 0 amide bonds. The van der Waals surface area contributed by atoms with Crippen molar-refractivity contribution in [3.05, 3.63) is 41.3 Å². The zero-order chi connectivity index (χ0) is 17.7. The van der Waals surface area contributed by atoms with Crippen LogP contribution in [-0.2, 0) is 15.9 Å². The molecule has 2 saturated carbocycles. The smallest absolute Gasteiger partial charge is 0.134 e. The van der Waals surface area contributed by atoms with Gasteiger partial charge in [0, 0.05) is 5.92 Å². The van der Waals surface area contributed by atoms with Gasteiger partial charge in [0.05, 0.1) is 7.11 Å². The third-order valence-electron chi connectivity index (χ3n) is 7.95. The largest absolute Gasteiger partial charge is 0.497 e. The first-order valence-electron chi connectivity index (χ1n) is 10.3. The highest BCUT2D eigenvalue weighted by Crippen LogP contribution is 2.64. The SMILES string of the molecule is COc1ccc2c(c1)CC[C@@H]1[C@@H]2CC[C@]2(C)[C@@H](C3=COCCO3)CC[C@@H]12. The fourth-order valence-corrected chi connectivity index (χ4v) is 6.72. The number of hydrogen-bond acceptors (Lipinski definition) is 3. The molecule has 0 unspecified atom stereocenters. The molecule has 3 nitrogen and oxygen atoms in total. The number of methoxy groups -OCH3 is 1. The molecule has 140 valence electrons. The lowest BCUT2D eigenvalue weighted by Gasteiger charge is -2.51. The molecule has 1 heterocycles. The molecule has 5 rings (SSSR count). The lowest BCUT2D eigenvalue weighted by molar-refractivity contribution is -0.000623. The van der Waals surface area contributed by atoms with Gasteiger partial charge >= 0.3 is 0 Å². The first kappa shape index (κ1) is 16.5. The lowest BCUT2D eigenvalue weighted by atomic mass is 9.54. The van der Waals surface area contributed by atoms with Crippen molar-refractivity contribution in [2.45, 2.75) is 51.4 Å². The second kappa shape index (κ2) is 6.21. The van der Waals surface area contributed by atoms with Crippen LogP contribution in [0.4, 0.5) is 0 Å². The monoisotopic (exact) mass is 354 g/mol. The van der Waals surface area contributed by atoms with E-state index in [2.05, 4.69) is 25.1 Å². The minimum atomic E-state index is 0.373. The Hall–Kier alpha value is -1.64. The summed E-state index contributed by atoms with van der Waals surface area (Å²) in [7, 11) is 1.77. The van der Waals surface area contributed by atoms with Gasteiger partial charge in [0.15, 0.2) is 0 Å². The van der Waals surface area contributed by atoms with Gasteiger partial charge in [0.1, 0.15) is 31.0 Å². The highest BCUT2D eigenvalue weighted by atomic mass is 16.6. The van der Waals surface area contributed by atoms with Gasteiger partial charge in [-0.25, -0.2) is 0 Å². The first-order valence-corrected chi connectivity index (χ1v) is 10.3. The molecule has 4 aliphatic rings. The maximum Gasteiger partial charge on any atom is 0.134 e. The molecule has 0 radical (unpaired) electrons. The third-order valence-corrected chi connectivity index (χ3v) is 7.95. The maximum atomic E-state index is 6.02. The van der Waals surface area contributed by atoms with Crippen LogP contribution in [0, 0.1) is 23.2 Å². The topological polar surface area (TPSA) is 27.7 Å². The van der Waals surface area contributed by atoms with Crippen LogP contribution in [0.3, 0.4) is 0 Å². The number of ether oxygens (including phenoxy) is 3. The zero-order valence-electron chi connectivity index (χ0n) is 16.0. The van der Waals surface area contributed by atoms with Crippen molar-refractivity contribution < 1.29 is 14.2 Å². The van der Waals surface area contributed by atoms with Crippen LogP contribution in [-0.4, -0.2) is 20.3 Å². The van der Waals surface area contributed by atoms with Gasteiger partial charge in [0.2, 0.25) is 0 Å². The molecule has 0 bridgehead atoms. The highest BCUT2D eigenvalue weighted by Gasteiger charge is 2.56. The van der Waals surface area contributed by atoms with E-state index in [1.165, 1.54) is 44.1 Å². The second-order valence-electron chi connectivity index (χ2n) is 8.89.